The smallest absolute Gasteiger partial charge is 0.223 e. The molecule has 37 heavy (non-hydrogen) atoms. The van der Waals surface area contributed by atoms with Crippen molar-refractivity contribution < 1.29 is 14.3 Å². The van der Waals surface area contributed by atoms with Crippen LogP contribution in [0.25, 0.3) is 10.9 Å². The number of likely N-dealkylation sites (N-methyl/N-ethyl adjacent to an activating group) is 1. The van der Waals surface area contributed by atoms with Crippen molar-refractivity contribution in [3.05, 3.63) is 95.7 Å². The van der Waals surface area contributed by atoms with Crippen LogP contribution < -0.4 is 9.47 Å². The number of carbonyl (C=O) groups excluding carboxylic acids is 1. The second-order valence-corrected chi connectivity index (χ2v) is 9.57. The third-order valence-corrected chi connectivity index (χ3v) is 7.36. The second-order valence-electron chi connectivity index (χ2n) is 9.57. The topological polar surface area (TPSA) is 57.8 Å². The number of rotatable bonds is 9. The van der Waals surface area contributed by atoms with E-state index in [-0.39, 0.29) is 11.8 Å². The van der Waals surface area contributed by atoms with E-state index in [1.807, 2.05) is 53.6 Å². The number of benzene rings is 3. The number of H-pyrrole nitrogens is 1. The van der Waals surface area contributed by atoms with Crippen LogP contribution in [-0.2, 0) is 11.4 Å². The minimum atomic E-state index is -0.113. The molecule has 1 amide bonds. The average Bonchev–Trinajstić information content (AvgIpc) is 3.38. The first-order valence-electron chi connectivity index (χ1n) is 13.1. The van der Waals surface area contributed by atoms with Gasteiger partial charge in [-0.05, 0) is 53.6 Å². The first kappa shape index (κ1) is 24.9. The van der Waals surface area contributed by atoms with Gasteiger partial charge < -0.3 is 24.3 Å². The van der Waals surface area contributed by atoms with Crippen LogP contribution in [0, 0.1) is 0 Å². The van der Waals surface area contributed by atoms with Crippen molar-refractivity contribution in [3.8, 4) is 11.5 Å². The Morgan fingerprint density at radius 3 is 2.51 bits per heavy atom. The Morgan fingerprint density at radius 2 is 1.76 bits per heavy atom. The van der Waals surface area contributed by atoms with Crippen molar-refractivity contribution >= 4 is 16.8 Å². The predicted molar refractivity (Wildman–Crippen MR) is 147 cm³/mol. The quantitative estimate of drug-likeness (QED) is 0.335. The van der Waals surface area contributed by atoms with E-state index < -0.39 is 0 Å². The van der Waals surface area contributed by atoms with E-state index in [0.29, 0.717) is 13.0 Å². The summed E-state index contributed by atoms with van der Waals surface area (Å²) in [5, 5.41) is 1.07. The van der Waals surface area contributed by atoms with Crippen LogP contribution in [0.1, 0.15) is 36.0 Å². The molecule has 1 aromatic heterocycles. The number of carbonyl (C=O) groups is 1. The average molecular weight is 498 g/mol. The maximum Gasteiger partial charge on any atom is 0.223 e. The molecule has 5 rings (SSSR count). The first-order chi connectivity index (χ1) is 18.1. The van der Waals surface area contributed by atoms with Gasteiger partial charge in [-0.2, -0.15) is 0 Å². The largest absolute Gasteiger partial charge is 0.497 e. The van der Waals surface area contributed by atoms with Crippen molar-refractivity contribution in [2.24, 2.45) is 0 Å². The van der Waals surface area contributed by atoms with Crippen LogP contribution in [0.15, 0.2) is 79.0 Å². The number of piperazine rings is 1. The zero-order valence-corrected chi connectivity index (χ0v) is 21.7. The number of methoxy groups -OCH3 is 1. The van der Waals surface area contributed by atoms with Gasteiger partial charge in [-0.15, -0.1) is 0 Å². The number of aromatic amines is 1. The number of nitrogens with zero attached hydrogens (tertiary/aromatic N) is 2. The van der Waals surface area contributed by atoms with Crippen molar-refractivity contribution in [2.45, 2.75) is 25.9 Å². The van der Waals surface area contributed by atoms with Gasteiger partial charge >= 0.3 is 0 Å². The number of amides is 1. The highest BCUT2D eigenvalue weighted by atomic mass is 16.5. The van der Waals surface area contributed by atoms with Gasteiger partial charge in [0.05, 0.1) is 7.11 Å². The van der Waals surface area contributed by atoms with Crippen LogP contribution >= 0.6 is 0 Å². The Labute approximate surface area is 218 Å². The van der Waals surface area contributed by atoms with Gasteiger partial charge in [0.2, 0.25) is 5.91 Å². The Morgan fingerprint density at radius 1 is 0.946 bits per heavy atom. The lowest BCUT2D eigenvalue weighted by atomic mass is 9.87. The van der Waals surface area contributed by atoms with E-state index >= 15 is 0 Å². The maximum atomic E-state index is 13.6. The lowest BCUT2D eigenvalue weighted by Gasteiger charge is -2.35. The fourth-order valence-corrected chi connectivity index (χ4v) is 5.12. The van der Waals surface area contributed by atoms with Crippen LogP contribution in [0.5, 0.6) is 11.5 Å². The molecule has 0 bridgehead atoms. The summed E-state index contributed by atoms with van der Waals surface area (Å²) in [5.41, 5.74) is 4.31. The summed E-state index contributed by atoms with van der Waals surface area (Å²) in [6.07, 6.45) is 2.44. The molecular formula is C31H35N3O3. The molecule has 0 aliphatic carbocycles. The molecule has 1 aliphatic rings. The molecule has 4 aromatic rings. The van der Waals surface area contributed by atoms with Gasteiger partial charge in [0, 0.05) is 55.6 Å². The van der Waals surface area contributed by atoms with Gasteiger partial charge in [-0.25, -0.2) is 0 Å². The van der Waals surface area contributed by atoms with Crippen molar-refractivity contribution in [1.29, 1.82) is 0 Å². The minimum absolute atomic E-state index is 0.113. The third kappa shape index (κ3) is 5.81. The van der Waals surface area contributed by atoms with Crippen LogP contribution in [0.2, 0.25) is 0 Å². The Balaban J connectivity index is 1.44. The van der Waals surface area contributed by atoms with Gasteiger partial charge in [0.1, 0.15) is 18.1 Å². The van der Waals surface area contributed by atoms with E-state index in [9.17, 15) is 4.79 Å². The third-order valence-electron chi connectivity index (χ3n) is 7.36. The molecule has 1 N–H and O–H groups in total. The zero-order valence-electron chi connectivity index (χ0n) is 21.7. The van der Waals surface area contributed by atoms with E-state index in [2.05, 4.69) is 47.1 Å². The Hall–Kier alpha value is -3.77. The lowest BCUT2D eigenvalue weighted by Crippen LogP contribution is -2.48. The fraction of sp³-hybridized carbons (Fsp3) is 0.323. The summed E-state index contributed by atoms with van der Waals surface area (Å²) in [5.74, 6) is 1.67. The second kappa shape index (κ2) is 11.5. The molecular weight excluding hydrogens is 462 g/mol. The van der Waals surface area contributed by atoms with E-state index in [0.717, 1.165) is 71.8 Å². The highest BCUT2D eigenvalue weighted by molar-refractivity contribution is 5.87. The van der Waals surface area contributed by atoms with E-state index in [1.165, 1.54) is 0 Å². The molecule has 6 heteroatoms. The molecule has 1 fully saturated rings. The first-order valence-corrected chi connectivity index (χ1v) is 13.1. The summed E-state index contributed by atoms with van der Waals surface area (Å²) < 4.78 is 11.6. The van der Waals surface area contributed by atoms with Crippen molar-refractivity contribution in [2.75, 3.05) is 39.8 Å². The summed E-state index contributed by atoms with van der Waals surface area (Å²) in [7, 11) is 1.68. The SMILES string of the molecule is CCN1CCN(C(=O)C[C@H](c2cccc(OCc3ccccc3)c2)c2c[nH]c3ccc(OC)cc23)CC1. The van der Waals surface area contributed by atoms with E-state index in [4.69, 9.17) is 9.47 Å². The number of fused-ring (bicyclic) bond motifs is 1. The molecule has 0 unspecified atom stereocenters. The van der Waals surface area contributed by atoms with Crippen molar-refractivity contribution in [1.82, 2.24) is 14.8 Å². The summed E-state index contributed by atoms with van der Waals surface area (Å²) in [6, 6.07) is 24.4. The lowest BCUT2D eigenvalue weighted by molar-refractivity contribution is -0.133. The van der Waals surface area contributed by atoms with Gasteiger partial charge in [-0.3, -0.25) is 4.79 Å². The molecule has 6 nitrogen and oxygen atoms in total. The normalized spacial score (nSPS) is 15.0. The van der Waals surface area contributed by atoms with Crippen LogP contribution in [0.3, 0.4) is 0 Å². The van der Waals surface area contributed by atoms with E-state index in [1.54, 1.807) is 7.11 Å². The zero-order chi connectivity index (χ0) is 25.6. The molecule has 0 radical (unpaired) electrons. The molecule has 2 heterocycles. The molecule has 192 valence electrons. The highest BCUT2D eigenvalue weighted by Crippen LogP contribution is 2.36. The number of aromatic nitrogens is 1. The number of hydrogen-bond acceptors (Lipinski definition) is 4. The monoisotopic (exact) mass is 497 g/mol. The van der Waals surface area contributed by atoms with Gasteiger partial charge in [0.15, 0.2) is 0 Å². The number of ether oxygens (including phenoxy) is 2. The van der Waals surface area contributed by atoms with Gasteiger partial charge in [-0.1, -0.05) is 49.4 Å². The Kier molecular flexibility index (Phi) is 7.76. The summed E-state index contributed by atoms with van der Waals surface area (Å²) in [6.45, 7) is 7.12. The minimum Gasteiger partial charge on any atom is -0.497 e. The summed E-state index contributed by atoms with van der Waals surface area (Å²) >= 11 is 0. The summed E-state index contributed by atoms with van der Waals surface area (Å²) in [4.78, 5) is 21.4. The highest BCUT2D eigenvalue weighted by Gasteiger charge is 2.27. The number of hydrogen-bond donors (Lipinski definition) is 1. The molecule has 0 saturated carbocycles. The van der Waals surface area contributed by atoms with Crippen molar-refractivity contribution in [3.63, 3.8) is 0 Å². The fourth-order valence-electron chi connectivity index (χ4n) is 5.12. The molecule has 1 saturated heterocycles. The Bertz CT molecular complexity index is 1330. The predicted octanol–water partition coefficient (Wildman–Crippen LogP) is 5.44. The van der Waals surface area contributed by atoms with Gasteiger partial charge in [0.25, 0.3) is 0 Å². The maximum absolute atomic E-state index is 13.6. The molecule has 3 aromatic carbocycles. The molecule has 0 spiro atoms. The molecule has 1 aliphatic heterocycles. The van der Waals surface area contributed by atoms with Crippen LogP contribution in [0.4, 0.5) is 0 Å². The molecule has 1 atom stereocenters. The number of nitrogens with one attached hydrogen (secondary N) is 1. The standard InChI is InChI=1S/C31H35N3O3/c1-3-33-14-16-34(17-15-33)31(35)20-27(29-21-32-30-13-12-25(36-2)19-28(29)30)24-10-7-11-26(18-24)37-22-23-8-5-4-6-9-23/h4-13,18-19,21,27,32H,3,14-17,20,22H2,1-2H3/t27-/m1/s1. The van der Waals surface area contributed by atoms with Crippen LogP contribution in [-0.4, -0.2) is 60.5 Å².